The first kappa shape index (κ1) is 19.7. The molecule has 0 bridgehead atoms. The van der Waals surface area contributed by atoms with E-state index >= 15 is 0 Å². The molecule has 0 radical (unpaired) electrons. The summed E-state index contributed by atoms with van der Waals surface area (Å²) in [5, 5.41) is 5.00. The molecule has 1 aliphatic rings. The summed E-state index contributed by atoms with van der Waals surface area (Å²) in [6, 6.07) is 4.18. The van der Waals surface area contributed by atoms with E-state index in [2.05, 4.69) is 10.3 Å². The van der Waals surface area contributed by atoms with Crippen LogP contribution in [0, 0.1) is 5.82 Å². The van der Waals surface area contributed by atoms with Gasteiger partial charge in [-0.2, -0.15) is 0 Å². The third kappa shape index (κ3) is 4.45. The van der Waals surface area contributed by atoms with Crippen LogP contribution in [0.4, 0.5) is 20.6 Å². The largest absolute Gasteiger partial charge is 0.442 e. The summed E-state index contributed by atoms with van der Waals surface area (Å²) in [7, 11) is 1.49. The van der Waals surface area contributed by atoms with Crippen LogP contribution in [-0.2, 0) is 20.7 Å². The molecular formula is C18H19FN4O4S. The zero-order chi connectivity index (χ0) is 20.3. The number of carbonyl (C=O) groups is 3. The molecule has 3 amide bonds. The normalized spacial score (nSPS) is 16.0. The molecule has 1 aromatic heterocycles. The summed E-state index contributed by atoms with van der Waals surface area (Å²) in [5.74, 6) is -1.15. The molecule has 0 saturated carbocycles. The van der Waals surface area contributed by atoms with Crippen molar-refractivity contribution in [2.24, 2.45) is 0 Å². The number of ether oxygens (including phenoxy) is 1. The molecule has 0 unspecified atom stereocenters. The van der Waals surface area contributed by atoms with Crippen molar-refractivity contribution in [3.05, 3.63) is 40.6 Å². The maximum Gasteiger partial charge on any atom is 0.414 e. The Morgan fingerprint density at radius 3 is 2.89 bits per heavy atom. The van der Waals surface area contributed by atoms with Gasteiger partial charge in [0.25, 0.3) is 0 Å². The molecule has 2 heterocycles. The van der Waals surface area contributed by atoms with Gasteiger partial charge in [0.1, 0.15) is 16.9 Å². The fourth-order valence-electron chi connectivity index (χ4n) is 2.75. The van der Waals surface area contributed by atoms with E-state index in [4.69, 9.17) is 4.74 Å². The summed E-state index contributed by atoms with van der Waals surface area (Å²) < 4.78 is 19.8. The van der Waals surface area contributed by atoms with E-state index in [0.717, 1.165) is 0 Å². The molecule has 0 spiro atoms. The number of benzene rings is 1. The number of aromatic nitrogens is 1. The number of nitrogens with one attached hydrogen (secondary N) is 1. The maximum atomic E-state index is 14.6. The highest BCUT2D eigenvalue weighted by molar-refractivity contribution is 7.09. The van der Waals surface area contributed by atoms with Gasteiger partial charge in [-0.25, -0.2) is 14.2 Å². The number of hydrogen-bond donors (Lipinski definition) is 1. The van der Waals surface area contributed by atoms with Crippen molar-refractivity contribution in [1.82, 2.24) is 10.3 Å². The lowest BCUT2D eigenvalue weighted by Gasteiger charge is -2.20. The topological polar surface area (TPSA) is 91.8 Å². The molecule has 8 nitrogen and oxygen atoms in total. The molecule has 1 fully saturated rings. The third-order valence-electron chi connectivity index (χ3n) is 4.22. The third-order valence-corrected chi connectivity index (χ3v) is 5.00. The first-order chi connectivity index (χ1) is 13.3. The minimum Gasteiger partial charge on any atom is -0.442 e. The highest BCUT2D eigenvalue weighted by atomic mass is 32.1. The van der Waals surface area contributed by atoms with Crippen LogP contribution >= 0.6 is 11.3 Å². The number of halogens is 1. The van der Waals surface area contributed by atoms with Crippen molar-refractivity contribution < 1.29 is 23.5 Å². The number of nitrogens with zero attached hydrogens (tertiary/aromatic N) is 3. The van der Waals surface area contributed by atoms with Gasteiger partial charge in [-0.3, -0.25) is 14.5 Å². The average molecular weight is 406 g/mol. The van der Waals surface area contributed by atoms with Crippen LogP contribution in [-0.4, -0.2) is 49.1 Å². The first-order valence-electron chi connectivity index (χ1n) is 8.52. The van der Waals surface area contributed by atoms with Crippen LogP contribution in [0.3, 0.4) is 0 Å². The van der Waals surface area contributed by atoms with E-state index in [1.165, 1.54) is 47.2 Å². The Balaban J connectivity index is 1.69. The van der Waals surface area contributed by atoms with Crippen LogP contribution < -0.4 is 15.1 Å². The predicted molar refractivity (Wildman–Crippen MR) is 102 cm³/mol. The molecule has 1 N–H and O–H groups in total. The smallest absolute Gasteiger partial charge is 0.414 e. The van der Waals surface area contributed by atoms with Gasteiger partial charge in [-0.15, -0.1) is 11.3 Å². The van der Waals surface area contributed by atoms with Gasteiger partial charge in [0.2, 0.25) is 11.8 Å². The van der Waals surface area contributed by atoms with Gasteiger partial charge in [-0.1, -0.05) is 0 Å². The Labute approximate surface area is 164 Å². The fourth-order valence-corrected chi connectivity index (χ4v) is 3.36. The lowest BCUT2D eigenvalue weighted by molar-refractivity contribution is -0.119. The summed E-state index contributed by atoms with van der Waals surface area (Å²) in [6.07, 6.45) is 0.563. The van der Waals surface area contributed by atoms with E-state index in [0.29, 0.717) is 10.7 Å². The summed E-state index contributed by atoms with van der Waals surface area (Å²) in [4.78, 5) is 41.9. The molecule has 1 atom stereocenters. The minimum atomic E-state index is -0.634. The molecule has 3 rings (SSSR count). The van der Waals surface area contributed by atoms with E-state index in [9.17, 15) is 18.8 Å². The molecular weight excluding hydrogens is 387 g/mol. The number of rotatable bonds is 6. The second-order valence-corrected chi connectivity index (χ2v) is 7.22. The van der Waals surface area contributed by atoms with Crippen molar-refractivity contribution in [1.29, 1.82) is 0 Å². The Morgan fingerprint density at radius 2 is 2.25 bits per heavy atom. The lowest BCUT2D eigenvalue weighted by atomic mass is 10.2. The van der Waals surface area contributed by atoms with Gasteiger partial charge < -0.3 is 15.0 Å². The average Bonchev–Trinajstić information content (AvgIpc) is 3.28. The Hall–Kier alpha value is -3.01. The molecule has 2 aromatic rings. The second kappa shape index (κ2) is 8.34. The maximum absolute atomic E-state index is 14.6. The molecule has 1 aromatic carbocycles. The number of likely N-dealkylation sites (N-methyl/N-ethyl adjacent to an activating group) is 1. The van der Waals surface area contributed by atoms with E-state index < -0.39 is 18.0 Å². The van der Waals surface area contributed by atoms with Gasteiger partial charge in [0.15, 0.2) is 0 Å². The molecule has 28 heavy (non-hydrogen) atoms. The fraction of sp³-hybridized carbons (Fsp3) is 0.333. The number of thiazole rings is 1. The summed E-state index contributed by atoms with van der Waals surface area (Å²) in [5.41, 5.74) is 0.421. The van der Waals surface area contributed by atoms with Crippen molar-refractivity contribution in [3.63, 3.8) is 0 Å². The summed E-state index contributed by atoms with van der Waals surface area (Å²) in [6.45, 7) is 1.75. The SMILES string of the molecule is CC(=O)NC[C@H]1CN(c2ccc(N(C)C(=O)Cc3nccs3)c(F)c2)C(=O)O1. The quantitative estimate of drug-likeness (QED) is 0.792. The lowest BCUT2D eigenvalue weighted by Crippen LogP contribution is -2.33. The number of amides is 3. The Kier molecular flexibility index (Phi) is 5.88. The van der Waals surface area contributed by atoms with Gasteiger partial charge in [-0.05, 0) is 18.2 Å². The number of cyclic esters (lactones) is 1. The zero-order valence-electron chi connectivity index (χ0n) is 15.3. The Bertz CT molecular complexity index is 890. The van der Waals surface area contributed by atoms with Gasteiger partial charge in [0, 0.05) is 25.5 Å². The number of hydrogen-bond acceptors (Lipinski definition) is 6. The van der Waals surface area contributed by atoms with Crippen LogP contribution in [0.5, 0.6) is 0 Å². The monoisotopic (exact) mass is 406 g/mol. The molecule has 1 aliphatic heterocycles. The molecule has 1 saturated heterocycles. The van der Waals surface area contributed by atoms with Gasteiger partial charge >= 0.3 is 6.09 Å². The van der Waals surface area contributed by atoms with Crippen molar-refractivity contribution in [3.8, 4) is 0 Å². The van der Waals surface area contributed by atoms with E-state index in [1.807, 2.05) is 0 Å². The zero-order valence-corrected chi connectivity index (χ0v) is 16.2. The second-order valence-electron chi connectivity index (χ2n) is 6.24. The van der Waals surface area contributed by atoms with Crippen LogP contribution in [0.25, 0.3) is 0 Å². The molecule has 148 valence electrons. The number of carbonyl (C=O) groups excluding carboxylic acids is 3. The van der Waals surface area contributed by atoms with Gasteiger partial charge in [0.05, 0.1) is 30.9 Å². The van der Waals surface area contributed by atoms with Crippen molar-refractivity contribution in [2.45, 2.75) is 19.4 Å². The van der Waals surface area contributed by atoms with Crippen LogP contribution in [0.1, 0.15) is 11.9 Å². The van der Waals surface area contributed by atoms with E-state index in [1.54, 1.807) is 17.6 Å². The van der Waals surface area contributed by atoms with E-state index in [-0.39, 0.29) is 37.0 Å². The highest BCUT2D eigenvalue weighted by Crippen LogP contribution is 2.28. The molecule has 10 heteroatoms. The summed E-state index contributed by atoms with van der Waals surface area (Å²) >= 11 is 1.36. The van der Waals surface area contributed by atoms with Crippen LogP contribution in [0.15, 0.2) is 29.8 Å². The predicted octanol–water partition coefficient (Wildman–Crippen LogP) is 1.95. The minimum absolute atomic E-state index is 0.0820. The van der Waals surface area contributed by atoms with Crippen molar-refractivity contribution >= 4 is 40.6 Å². The molecule has 0 aliphatic carbocycles. The highest BCUT2D eigenvalue weighted by Gasteiger charge is 2.33. The van der Waals surface area contributed by atoms with Crippen molar-refractivity contribution in [2.75, 3.05) is 29.9 Å². The Morgan fingerprint density at radius 1 is 1.46 bits per heavy atom. The first-order valence-corrected chi connectivity index (χ1v) is 9.40. The van der Waals surface area contributed by atoms with Crippen LogP contribution in [0.2, 0.25) is 0 Å². The number of anilines is 2. The standard InChI is InChI=1S/C18H19FN4O4S/c1-11(24)21-9-13-10-23(18(26)27-13)12-3-4-15(14(19)7-12)22(2)17(25)8-16-20-5-6-28-16/h3-7,13H,8-10H2,1-2H3,(H,21,24)/t13-/m0/s1.